The maximum absolute atomic E-state index is 10.8. The highest BCUT2D eigenvalue weighted by Gasteiger charge is 2.62. The quantitative estimate of drug-likeness (QED) is 0.386. The second-order valence-electron chi connectivity index (χ2n) is 9.73. The number of rotatable bonds is 2. The van der Waals surface area contributed by atoms with Gasteiger partial charge in [-0.3, -0.25) is 4.99 Å². The third-order valence-electron chi connectivity index (χ3n) is 7.82. The van der Waals surface area contributed by atoms with Gasteiger partial charge >= 0.3 is 0 Å². The molecular weight excluding hydrogens is 452 g/mol. The molecule has 3 aromatic carbocycles. The summed E-state index contributed by atoms with van der Waals surface area (Å²) in [6, 6.07) is 28.8. The molecule has 3 aromatic rings. The number of nitriles is 2. The SMILES string of the molecule is N#CC1(C#N)[C@@H]2c3ccccc3-c3ccccc3N2C(=NC2CCCCC2)[C@H]1c1ccc(Cl)cc1. The first kappa shape index (κ1) is 21.9. The Morgan fingerprint density at radius 1 is 0.829 bits per heavy atom. The van der Waals surface area contributed by atoms with Crippen molar-refractivity contribution in [3.8, 4) is 23.3 Å². The maximum atomic E-state index is 10.8. The van der Waals surface area contributed by atoms with Crippen molar-refractivity contribution in [1.29, 1.82) is 10.5 Å². The van der Waals surface area contributed by atoms with Gasteiger partial charge in [-0.15, -0.1) is 0 Å². The summed E-state index contributed by atoms with van der Waals surface area (Å²) in [5.74, 6) is 0.343. The average Bonchev–Trinajstić information content (AvgIpc) is 3.20. The highest BCUT2D eigenvalue weighted by atomic mass is 35.5. The summed E-state index contributed by atoms with van der Waals surface area (Å²) in [5.41, 5.74) is 3.76. The Hall–Kier alpha value is -3.60. The zero-order valence-corrected chi connectivity index (χ0v) is 20.1. The van der Waals surface area contributed by atoms with Gasteiger partial charge in [0.2, 0.25) is 0 Å². The first-order valence-corrected chi connectivity index (χ1v) is 12.7. The van der Waals surface area contributed by atoms with Crippen LogP contribution in [0.2, 0.25) is 5.02 Å². The molecule has 1 saturated heterocycles. The summed E-state index contributed by atoms with van der Waals surface area (Å²) in [5, 5.41) is 22.1. The minimum atomic E-state index is -1.34. The Kier molecular flexibility index (Phi) is 5.36. The number of anilines is 1. The van der Waals surface area contributed by atoms with Crippen LogP contribution < -0.4 is 4.90 Å². The van der Waals surface area contributed by atoms with Gasteiger partial charge in [-0.2, -0.15) is 10.5 Å². The summed E-state index contributed by atoms with van der Waals surface area (Å²) in [6.07, 6.45) is 5.65. The molecule has 172 valence electrons. The predicted octanol–water partition coefficient (Wildman–Crippen LogP) is 7.43. The third-order valence-corrected chi connectivity index (χ3v) is 8.07. The van der Waals surface area contributed by atoms with Crippen LogP contribution in [0.1, 0.15) is 55.2 Å². The molecule has 4 nitrogen and oxygen atoms in total. The number of halogens is 1. The van der Waals surface area contributed by atoms with Crippen molar-refractivity contribution in [2.24, 2.45) is 10.4 Å². The van der Waals surface area contributed by atoms with E-state index in [1.54, 1.807) is 0 Å². The second kappa shape index (κ2) is 8.56. The van der Waals surface area contributed by atoms with Gasteiger partial charge in [0.25, 0.3) is 0 Å². The summed E-state index contributed by atoms with van der Waals surface area (Å²) < 4.78 is 0. The fraction of sp³-hybridized carbons (Fsp3) is 0.300. The Morgan fingerprint density at radius 3 is 2.20 bits per heavy atom. The number of para-hydroxylation sites is 1. The molecule has 6 rings (SSSR count). The van der Waals surface area contributed by atoms with E-state index >= 15 is 0 Å². The molecule has 1 aliphatic carbocycles. The highest BCUT2D eigenvalue weighted by molar-refractivity contribution is 6.30. The predicted molar refractivity (Wildman–Crippen MR) is 139 cm³/mol. The van der Waals surface area contributed by atoms with Gasteiger partial charge < -0.3 is 4.90 Å². The van der Waals surface area contributed by atoms with Crippen molar-refractivity contribution < 1.29 is 0 Å². The summed E-state index contributed by atoms with van der Waals surface area (Å²) >= 11 is 6.23. The van der Waals surface area contributed by atoms with Crippen LogP contribution in [0, 0.1) is 28.1 Å². The molecule has 2 aliphatic heterocycles. The van der Waals surface area contributed by atoms with Crippen molar-refractivity contribution in [1.82, 2.24) is 0 Å². The number of hydrogen-bond acceptors (Lipinski definition) is 3. The molecule has 0 unspecified atom stereocenters. The van der Waals surface area contributed by atoms with Gasteiger partial charge in [-0.05, 0) is 47.7 Å². The standard InChI is InChI=1S/C30H25ClN4/c31-21-16-14-20(15-17-21)27-29(34-22-8-2-1-3-9-22)35-26-13-7-6-11-24(26)23-10-4-5-12-25(23)28(35)30(27,18-32)19-33/h4-7,10-17,22,27-28H,1-3,8-9H2/t27-,28+/m1/s1. The Labute approximate surface area is 211 Å². The number of aliphatic imine (C=N–C) groups is 1. The van der Waals surface area contributed by atoms with Crippen molar-refractivity contribution in [3.63, 3.8) is 0 Å². The number of benzene rings is 3. The van der Waals surface area contributed by atoms with Crippen LogP contribution in [-0.4, -0.2) is 11.9 Å². The van der Waals surface area contributed by atoms with Gasteiger partial charge in [0.15, 0.2) is 5.41 Å². The number of nitrogens with zero attached hydrogens (tertiary/aromatic N) is 4. The van der Waals surface area contributed by atoms with E-state index in [0.29, 0.717) is 5.02 Å². The van der Waals surface area contributed by atoms with Gasteiger partial charge in [-0.25, -0.2) is 0 Å². The lowest BCUT2D eigenvalue weighted by Crippen LogP contribution is -2.35. The minimum Gasteiger partial charge on any atom is -0.319 e. The number of hydrogen-bond donors (Lipinski definition) is 0. The van der Waals surface area contributed by atoms with Crippen LogP contribution in [0.15, 0.2) is 77.8 Å². The molecule has 2 fully saturated rings. The first-order chi connectivity index (χ1) is 17.2. The Balaban J connectivity index is 1.67. The second-order valence-corrected chi connectivity index (χ2v) is 10.2. The first-order valence-electron chi connectivity index (χ1n) is 12.3. The molecule has 0 N–H and O–H groups in total. The normalized spacial score (nSPS) is 23.6. The summed E-state index contributed by atoms with van der Waals surface area (Å²) in [7, 11) is 0. The molecule has 2 atom stereocenters. The van der Waals surface area contributed by atoms with E-state index in [2.05, 4.69) is 41.3 Å². The number of amidine groups is 1. The maximum Gasteiger partial charge on any atom is 0.182 e. The van der Waals surface area contributed by atoms with E-state index in [-0.39, 0.29) is 6.04 Å². The largest absolute Gasteiger partial charge is 0.319 e. The lowest BCUT2D eigenvalue weighted by atomic mass is 9.69. The van der Waals surface area contributed by atoms with Gasteiger partial charge in [0.05, 0.1) is 35.8 Å². The zero-order valence-electron chi connectivity index (χ0n) is 19.4. The summed E-state index contributed by atoms with van der Waals surface area (Å²) in [4.78, 5) is 7.58. The van der Waals surface area contributed by atoms with Gasteiger partial charge in [0, 0.05) is 10.6 Å². The smallest absolute Gasteiger partial charge is 0.182 e. The Morgan fingerprint density at radius 2 is 1.49 bits per heavy atom. The average molecular weight is 477 g/mol. The monoisotopic (exact) mass is 476 g/mol. The fourth-order valence-corrected chi connectivity index (χ4v) is 6.38. The topological polar surface area (TPSA) is 63.2 Å². The lowest BCUT2D eigenvalue weighted by Gasteiger charge is -2.38. The van der Waals surface area contributed by atoms with Crippen LogP contribution in [0.4, 0.5) is 5.69 Å². The summed E-state index contributed by atoms with van der Waals surface area (Å²) in [6.45, 7) is 0. The van der Waals surface area contributed by atoms with Crippen molar-refractivity contribution in [3.05, 3.63) is 88.9 Å². The van der Waals surface area contributed by atoms with Crippen LogP contribution in [-0.2, 0) is 0 Å². The van der Waals surface area contributed by atoms with Crippen molar-refractivity contribution in [2.75, 3.05) is 4.90 Å². The molecule has 0 aromatic heterocycles. The molecule has 0 amide bonds. The van der Waals surface area contributed by atoms with E-state index in [9.17, 15) is 10.5 Å². The molecule has 5 heteroatoms. The van der Waals surface area contributed by atoms with Crippen LogP contribution >= 0.6 is 11.6 Å². The molecule has 1 saturated carbocycles. The van der Waals surface area contributed by atoms with E-state index in [1.807, 2.05) is 48.5 Å². The van der Waals surface area contributed by atoms with Crippen LogP contribution in [0.25, 0.3) is 11.1 Å². The van der Waals surface area contributed by atoms with E-state index in [1.165, 1.54) is 6.42 Å². The number of fused-ring (bicyclic) bond motifs is 6. The van der Waals surface area contributed by atoms with Gasteiger partial charge in [0.1, 0.15) is 5.84 Å². The van der Waals surface area contributed by atoms with Gasteiger partial charge in [-0.1, -0.05) is 85.5 Å². The molecule has 0 bridgehead atoms. The molecule has 35 heavy (non-hydrogen) atoms. The molecule has 0 spiro atoms. The van der Waals surface area contributed by atoms with Crippen LogP contribution in [0.5, 0.6) is 0 Å². The van der Waals surface area contributed by atoms with E-state index < -0.39 is 17.4 Å². The fourth-order valence-electron chi connectivity index (χ4n) is 6.25. The molecule has 0 radical (unpaired) electrons. The van der Waals surface area contributed by atoms with E-state index in [4.69, 9.17) is 16.6 Å². The molecule has 3 aliphatic rings. The molecule has 2 heterocycles. The third kappa shape index (κ3) is 3.28. The van der Waals surface area contributed by atoms with E-state index in [0.717, 1.165) is 59.5 Å². The minimum absolute atomic E-state index is 0.201. The molecular formula is C30H25ClN4. The Bertz CT molecular complexity index is 1370. The van der Waals surface area contributed by atoms with Crippen molar-refractivity contribution in [2.45, 2.75) is 50.1 Å². The van der Waals surface area contributed by atoms with Crippen molar-refractivity contribution >= 4 is 23.1 Å². The van der Waals surface area contributed by atoms with Crippen LogP contribution in [0.3, 0.4) is 0 Å². The lowest BCUT2D eigenvalue weighted by molar-refractivity contribution is 0.433. The zero-order chi connectivity index (χ0) is 24.0. The highest BCUT2D eigenvalue weighted by Crippen LogP contribution is 2.61.